The number of aromatic amines is 1. The molecule has 0 unspecified atom stereocenters. The molecule has 6 heteroatoms. The molecule has 27 heavy (non-hydrogen) atoms. The topological polar surface area (TPSA) is 62.7 Å². The number of hydrogen-bond donors (Lipinski definition) is 2. The van der Waals surface area contributed by atoms with Gasteiger partial charge in [0.1, 0.15) is 0 Å². The number of nitrogens with one attached hydrogen (secondary N) is 2. The molecule has 2 aromatic carbocycles. The van der Waals surface area contributed by atoms with Crippen LogP contribution in [0.3, 0.4) is 0 Å². The van der Waals surface area contributed by atoms with Crippen molar-refractivity contribution in [3.05, 3.63) is 69.2 Å². The summed E-state index contributed by atoms with van der Waals surface area (Å²) in [4.78, 5) is 20.1. The fraction of sp³-hybridized carbons (Fsp3) is 0.238. The molecule has 2 aromatic heterocycles. The van der Waals surface area contributed by atoms with Gasteiger partial charge in [0, 0.05) is 9.86 Å². The zero-order valence-electron chi connectivity index (χ0n) is 14.7. The number of imidazole rings is 1. The Morgan fingerprint density at radius 2 is 1.85 bits per heavy atom. The van der Waals surface area contributed by atoms with E-state index in [0.717, 1.165) is 58.0 Å². The van der Waals surface area contributed by atoms with Gasteiger partial charge in [-0.2, -0.15) is 0 Å². The van der Waals surface area contributed by atoms with Crippen LogP contribution in [0.5, 0.6) is 0 Å². The van der Waals surface area contributed by atoms with Gasteiger partial charge in [0.15, 0.2) is 0 Å². The largest absolute Gasteiger partial charge is 0.331 e. The number of H-pyrrole nitrogens is 1. The van der Waals surface area contributed by atoms with E-state index in [2.05, 4.69) is 55.5 Å². The molecule has 0 bridgehead atoms. The first-order chi connectivity index (χ1) is 13.2. The maximum Gasteiger partial charge on any atom is 0.331 e. The van der Waals surface area contributed by atoms with Gasteiger partial charge in [-0.1, -0.05) is 28.1 Å². The van der Waals surface area contributed by atoms with Crippen LogP contribution in [0.1, 0.15) is 24.3 Å². The number of benzene rings is 2. The molecule has 1 aliphatic rings. The van der Waals surface area contributed by atoms with Gasteiger partial charge < -0.3 is 10.3 Å². The van der Waals surface area contributed by atoms with Crippen molar-refractivity contribution in [1.82, 2.24) is 19.9 Å². The fourth-order valence-corrected chi connectivity index (χ4v) is 4.41. The average Bonchev–Trinajstić information content (AvgIpc) is 3.05. The molecule has 0 spiro atoms. The second kappa shape index (κ2) is 6.62. The summed E-state index contributed by atoms with van der Waals surface area (Å²) in [5.41, 5.74) is 4.55. The minimum absolute atomic E-state index is 0.145. The molecule has 1 fully saturated rings. The molecule has 4 aromatic rings. The van der Waals surface area contributed by atoms with Gasteiger partial charge in [0.05, 0.1) is 28.4 Å². The molecule has 2 N–H and O–H groups in total. The van der Waals surface area contributed by atoms with Crippen LogP contribution in [-0.4, -0.2) is 27.6 Å². The van der Waals surface area contributed by atoms with Gasteiger partial charge in [-0.05, 0) is 67.7 Å². The van der Waals surface area contributed by atoms with Crippen LogP contribution in [0, 0.1) is 0 Å². The summed E-state index contributed by atoms with van der Waals surface area (Å²) in [5, 5.41) is 4.35. The van der Waals surface area contributed by atoms with E-state index in [1.807, 2.05) is 18.2 Å². The first-order valence-corrected chi connectivity index (χ1v) is 10.00. The highest BCUT2D eigenvalue weighted by Crippen LogP contribution is 2.29. The Morgan fingerprint density at radius 3 is 2.63 bits per heavy atom. The molecule has 5 nitrogen and oxygen atoms in total. The second-order valence-electron chi connectivity index (χ2n) is 7.06. The number of nitrogens with zero attached hydrogens (tertiary/aromatic N) is 2. The molecular weight excluding hydrogens is 404 g/mol. The lowest BCUT2D eigenvalue weighted by Gasteiger charge is -2.23. The number of rotatable bonds is 2. The van der Waals surface area contributed by atoms with Gasteiger partial charge in [-0.15, -0.1) is 0 Å². The number of piperidine rings is 1. The van der Waals surface area contributed by atoms with Crippen molar-refractivity contribution in [3.8, 4) is 5.69 Å². The van der Waals surface area contributed by atoms with Crippen LogP contribution < -0.4 is 11.0 Å². The highest BCUT2D eigenvalue weighted by molar-refractivity contribution is 9.10. The van der Waals surface area contributed by atoms with Crippen molar-refractivity contribution in [2.24, 2.45) is 0 Å². The van der Waals surface area contributed by atoms with Crippen LogP contribution in [0.4, 0.5) is 0 Å². The standard InChI is InChI=1S/C21H19BrN4O/c22-15-3-6-18-17(11-15)20-19(12-24-18)25-21(27)26(20)16-4-1-13(2-5-16)14-7-9-23-10-8-14/h1-6,11-12,14,23H,7-10H2,(H,25,27). The van der Waals surface area contributed by atoms with Gasteiger partial charge in [0.25, 0.3) is 0 Å². The number of aromatic nitrogens is 3. The first kappa shape index (κ1) is 16.7. The molecule has 1 saturated heterocycles. The fourth-order valence-electron chi connectivity index (χ4n) is 4.05. The van der Waals surface area contributed by atoms with E-state index >= 15 is 0 Å². The molecule has 0 amide bonds. The third-order valence-electron chi connectivity index (χ3n) is 5.43. The van der Waals surface area contributed by atoms with E-state index in [1.54, 1.807) is 10.8 Å². The minimum atomic E-state index is -0.145. The molecular formula is C21H19BrN4O. The quantitative estimate of drug-likeness (QED) is 0.511. The predicted octanol–water partition coefficient (Wildman–Crippen LogP) is 4.10. The molecule has 3 heterocycles. The predicted molar refractivity (Wildman–Crippen MR) is 112 cm³/mol. The van der Waals surface area contributed by atoms with E-state index in [1.165, 1.54) is 5.56 Å². The van der Waals surface area contributed by atoms with Crippen LogP contribution in [0.25, 0.3) is 27.6 Å². The van der Waals surface area contributed by atoms with Gasteiger partial charge in [-0.25, -0.2) is 4.79 Å². The summed E-state index contributed by atoms with van der Waals surface area (Å²) >= 11 is 3.53. The maximum atomic E-state index is 12.7. The summed E-state index contributed by atoms with van der Waals surface area (Å²) in [5.74, 6) is 0.598. The first-order valence-electron chi connectivity index (χ1n) is 9.21. The highest BCUT2D eigenvalue weighted by Gasteiger charge is 2.17. The zero-order chi connectivity index (χ0) is 18.4. The average molecular weight is 423 g/mol. The maximum absolute atomic E-state index is 12.7. The van der Waals surface area contributed by atoms with Crippen LogP contribution in [0.2, 0.25) is 0 Å². The zero-order valence-corrected chi connectivity index (χ0v) is 16.3. The van der Waals surface area contributed by atoms with Crippen molar-refractivity contribution < 1.29 is 0 Å². The Bertz CT molecular complexity index is 1190. The Hall–Kier alpha value is -2.44. The second-order valence-corrected chi connectivity index (χ2v) is 7.98. The smallest absolute Gasteiger partial charge is 0.317 e. The summed E-state index contributed by atoms with van der Waals surface area (Å²) in [6, 6.07) is 14.4. The Kier molecular flexibility index (Phi) is 4.10. The minimum Gasteiger partial charge on any atom is -0.317 e. The van der Waals surface area contributed by atoms with E-state index in [0.29, 0.717) is 5.92 Å². The summed E-state index contributed by atoms with van der Waals surface area (Å²) in [6.07, 6.45) is 4.06. The highest BCUT2D eigenvalue weighted by atomic mass is 79.9. The normalized spacial score (nSPS) is 15.6. The molecule has 0 atom stereocenters. The van der Waals surface area contributed by atoms with Crippen LogP contribution >= 0.6 is 15.9 Å². The molecule has 5 rings (SSSR count). The van der Waals surface area contributed by atoms with E-state index in [4.69, 9.17) is 0 Å². The lowest BCUT2D eigenvalue weighted by atomic mass is 9.90. The van der Waals surface area contributed by atoms with E-state index in [9.17, 15) is 4.79 Å². The molecule has 0 radical (unpaired) electrons. The Labute approximate surface area is 164 Å². The number of hydrogen-bond acceptors (Lipinski definition) is 3. The van der Waals surface area contributed by atoms with E-state index < -0.39 is 0 Å². The van der Waals surface area contributed by atoms with Crippen molar-refractivity contribution in [2.45, 2.75) is 18.8 Å². The van der Waals surface area contributed by atoms with Gasteiger partial charge in [-0.3, -0.25) is 9.55 Å². The van der Waals surface area contributed by atoms with Gasteiger partial charge in [0.2, 0.25) is 0 Å². The summed E-state index contributed by atoms with van der Waals surface area (Å²) < 4.78 is 2.71. The lowest BCUT2D eigenvalue weighted by molar-refractivity contribution is 0.460. The van der Waals surface area contributed by atoms with Crippen molar-refractivity contribution in [2.75, 3.05) is 13.1 Å². The Morgan fingerprint density at radius 1 is 1.07 bits per heavy atom. The summed E-state index contributed by atoms with van der Waals surface area (Å²) in [7, 11) is 0. The van der Waals surface area contributed by atoms with Crippen molar-refractivity contribution >= 4 is 37.9 Å². The molecule has 0 aliphatic carbocycles. The molecule has 1 aliphatic heterocycles. The molecule has 0 saturated carbocycles. The number of pyridine rings is 1. The third-order valence-corrected chi connectivity index (χ3v) is 5.92. The number of halogens is 1. The Balaban J connectivity index is 1.67. The molecule has 136 valence electrons. The van der Waals surface area contributed by atoms with Crippen LogP contribution in [0.15, 0.2) is 57.9 Å². The van der Waals surface area contributed by atoms with Crippen molar-refractivity contribution in [1.29, 1.82) is 0 Å². The monoisotopic (exact) mass is 422 g/mol. The summed E-state index contributed by atoms with van der Waals surface area (Å²) in [6.45, 7) is 2.14. The van der Waals surface area contributed by atoms with E-state index in [-0.39, 0.29) is 5.69 Å². The third kappa shape index (κ3) is 2.89. The van der Waals surface area contributed by atoms with Gasteiger partial charge >= 0.3 is 5.69 Å². The van der Waals surface area contributed by atoms with Crippen molar-refractivity contribution in [3.63, 3.8) is 0 Å². The SMILES string of the molecule is O=c1[nH]c2cnc3ccc(Br)cc3c2n1-c1ccc(C2CCNCC2)cc1. The lowest BCUT2D eigenvalue weighted by Crippen LogP contribution is -2.26. The van der Waals surface area contributed by atoms with Crippen LogP contribution in [-0.2, 0) is 0 Å². The number of fused-ring (bicyclic) bond motifs is 3.